The maximum Gasteiger partial charge on any atom is 0.262 e. The molecular weight excluding hydrogens is 441 g/mol. The molecule has 0 aliphatic heterocycles. The molecule has 130 valence electrons. The Morgan fingerprint density at radius 1 is 1.12 bits per heavy atom. The molecule has 1 aromatic heterocycles. The molecule has 1 heterocycles. The Kier molecular flexibility index (Phi) is 5.28. The summed E-state index contributed by atoms with van der Waals surface area (Å²) in [7, 11) is 3.33. The fourth-order valence-corrected chi connectivity index (χ4v) is 2.93. The Morgan fingerprint density at radius 2 is 1.77 bits per heavy atom. The van der Waals surface area contributed by atoms with E-state index in [1.807, 2.05) is 70.0 Å². The molecule has 0 unspecified atom stereocenters. The van der Waals surface area contributed by atoms with Crippen LogP contribution in [0.25, 0.3) is 16.8 Å². The summed E-state index contributed by atoms with van der Waals surface area (Å²) in [4.78, 5) is 12.0. The van der Waals surface area contributed by atoms with Gasteiger partial charge in [0.05, 0.1) is 35.5 Å². The highest BCUT2D eigenvalue weighted by Gasteiger charge is 2.12. The second-order valence-corrected chi connectivity index (χ2v) is 7.11. The lowest BCUT2D eigenvalue weighted by molar-refractivity contribution is 0.0906. The summed E-state index contributed by atoms with van der Waals surface area (Å²) in [6.45, 7) is 0. The minimum atomic E-state index is -0.0544. The van der Waals surface area contributed by atoms with E-state index in [0.717, 1.165) is 22.6 Å². The van der Waals surface area contributed by atoms with Crippen molar-refractivity contribution in [3.05, 3.63) is 72.1 Å². The van der Waals surface area contributed by atoms with Gasteiger partial charge >= 0.3 is 0 Å². The highest BCUT2D eigenvalue weighted by molar-refractivity contribution is 14.1. The van der Waals surface area contributed by atoms with Crippen molar-refractivity contribution in [3.8, 4) is 28.6 Å². The number of carbonyl (C=O) groups is 1. The van der Waals surface area contributed by atoms with Gasteiger partial charge in [-0.2, -0.15) is 5.26 Å². The van der Waals surface area contributed by atoms with Crippen LogP contribution in [0.4, 0.5) is 0 Å². The molecule has 26 heavy (non-hydrogen) atoms. The molecule has 0 saturated carbocycles. The first-order valence-corrected chi connectivity index (χ1v) is 8.80. The first kappa shape index (κ1) is 18.0. The van der Waals surface area contributed by atoms with Crippen molar-refractivity contribution in [2.45, 2.75) is 0 Å². The Bertz CT molecular complexity index is 968. The second-order valence-electron chi connectivity index (χ2n) is 5.66. The fraction of sp³-hybridized carbons (Fsp3) is 0.100. The smallest absolute Gasteiger partial charge is 0.262 e. The van der Waals surface area contributed by atoms with Crippen molar-refractivity contribution in [1.82, 2.24) is 7.68 Å². The van der Waals surface area contributed by atoms with Crippen LogP contribution in [0.2, 0.25) is 0 Å². The van der Waals surface area contributed by atoms with Crippen molar-refractivity contribution >= 4 is 28.8 Å². The number of benzene rings is 2. The van der Waals surface area contributed by atoms with Crippen LogP contribution >= 0.6 is 22.9 Å². The zero-order valence-electron chi connectivity index (χ0n) is 14.3. The average molecular weight is 457 g/mol. The zero-order chi connectivity index (χ0) is 18.7. The van der Waals surface area contributed by atoms with Gasteiger partial charge in [0, 0.05) is 36.3 Å². The molecule has 0 aliphatic carbocycles. The van der Waals surface area contributed by atoms with Crippen LogP contribution in [-0.4, -0.2) is 27.7 Å². The maximum atomic E-state index is 12.0. The van der Waals surface area contributed by atoms with E-state index in [1.54, 1.807) is 32.5 Å². The van der Waals surface area contributed by atoms with E-state index >= 15 is 0 Å². The lowest BCUT2D eigenvalue weighted by Crippen LogP contribution is -2.15. The van der Waals surface area contributed by atoms with E-state index in [9.17, 15) is 10.1 Å². The summed E-state index contributed by atoms with van der Waals surface area (Å²) in [5, 5.41) is 9.48. The second kappa shape index (κ2) is 7.62. The molecule has 2 aromatic carbocycles. The third-order valence-electron chi connectivity index (χ3n) is 4.04. The topological polar surface area (TPSA) is 58.3 Å². The quantitative estimate of drug-likeness (QED) is 0.430. The Morgan fingerprint density at radius 3 is 2.31 bits per heavy atom. The number of rotatable bonds is 4. The molecule has 0 radical (unpaired) electrons. The van der Waals surface area contributed by atoms with Gasteiger partial charge in [-0.25, -0.2) is 0 Å². The number of hydrogen-bond donors (Lipinski definition) is 0. The largest absolute Gasteiger partial charge is 0.497 e. The van der Waals surface area contributed by atoms with Crippen LogP contribution in [0.5, 0.6) is 5.75 Å². The first-order chi connectivity index (χ1) is 12.5. The van der Waals surface area contributed by atoms with Crippen LogP contribution in [-0.2, 0) is 0 Å². The Labute approximate surface area is 165 Å². The minimum Gasteiger partial charge on any atom is -0.497 e. The molecule has 0 fully saturated rings. The van der Waals surface area contributed by atoms with Gasteiger partial charge in [-0.3, -0.25) is 7.91 Å². The molecule has 3 rings (SSSR count). The molecule has 6 heteroatoms. The molecule has 5 nitrogen and oxygen atoms in total. The van der Waals surface area contributed by atoms with Gasteiger partial charge in [-0.05, 0) is 42.0 Å². The third-order valence-corrected chi connectivity index (χ3v) is 4.48. The predicted octanol–water partition coefficient (Wildman–Crippen LogP) is 4.45. The first-order valence-electron chi connectivity index (χ1n) is 7.84. The molecule has 1 amide bonds. The summed E-state index contributed by atoms with van der Waals surface area (Å²) in [5.41, 5.74) is 3.88. The molecule has 0 aliphatic rings. The normalized spacial score (nSPS) is 10.2. The van der Waals surface area contributed by atoms with Crippen molar-refractivity contribution in [2.75, 3.05) is 14.2 Å². The van der Waals surface area contributed by atoms with Gasteiger partial charge in [-0.15, -0.1) is 0 Å². The van der Waals surface area contributed by atoms with Gasteiger partial charge in [0.25, 0.3) is 5.91 Å². The van der Waals surface area contributed by atoms with Crippen LogP contribution < -0.4 is 4.74 Å². The van der Waals surface area contributed by atoms with Gasteiger partial charge in [-0.1, -0.05) is 12.1 Å². The highest BCUT2D eigenvalue weighted by atomic mass is 127. The summed E-state index contributed by atoms with van der Waals surface area (Å²) < 4.78 is 8.58. The SMILES string of the molecule is COc1ccc(-c2cn(-c3ccc(C(=O)N(C)I)cc3)cc2C#N)cc1. The van der Waals surface area contributed by atoms with E-state index in [-0.39, 0.29) is 5.91 Å². The molecule has 0 N–H and O–H groups in total. The monoisotopic (exact) mass is 457 g/mol. The standard InChI is InChI=1S/C20H16IN3O2/c1-23(21)20(25)15-3-7-17(8-4-15)24-12-16(11-22)19(13-24)14-5-9-18(26-2)10-6-14/h3-10,12-13H,1-2H3. The minimum absolute atomic E-state index is 0.0544. The number of nitriles is 1. The fourth-order valence-electron chi connectivity index (χ4n) is 2.65. The van der Waals surface area contributed by atoms with E-state index in [4.69, 9.17) is 4.74 Å². The number of hydrogen-bond acceptors (Lipinski definition) is 3. The average Bonchev–Trinajstić information content (AvgIpc) is 3.12. The molecule has 0 spiro atoms. The van der Waals surface area contributed by atoms with E-state index in [1.165, 1.54) is 3.11 Å². The molecular formula is C20H16IN3O2. The van der Waals surface area contributed by atoms with Gasteiger partial charge in [0.2, 0.25) is 0 Å². The maximum absolute atomic E-state index is 12.0. The van der Waals surface area contributed by atoms with Gasteiger partial charge in [0.15, 0.2) is 0 Å². The van der Waals surface area contributed by atoms with E-state index in [0.29, 0.717) is 11.1 Å². The van der Waals surface area contributed by atoms with Gasteiger partial charge < -0.3 is 9.30 Å². The number of carbonyl (C=O) groups excluding carboxylic acids is 1. The molecule has 0 bridgehead atoms. The van der Waals surface area contributed by atoms with Crippen LogP contribution in [0.15, 0.2) is 60.9 Å². The highest BCUT2D eigenvalue weighted by Crippen LogP contribution is 2.28. The molecule has 3 aromatic rings. The van der Waals surface area contributed by atoms with Crippen LogP contribution in [0.3, 0.4) is 0 Å². The van der Waals surface area contributed by atoms with Crippen molar-refractivity contribution in [2.24, 2.45) is 0 Å². The van der Waals surface area contributed by atoms with Crippen LogP contribution in [0.1, 0.15) is 15.9 Å². The summed E-state index contributed by atoms with van der Waals surface area (Å²) >= 11 is 1.95. The summed E-state index contributed by atoms with van der Waals surface area (Å²) in [5.74, 6) is 0.716. The summed E-state index contributed by atoms with van der Waals surface area (Å²) in [6.07, 6.45) is 3.71. The Hall–Kier alpha value is -2.79. The number of ether oxygens (including phenoxy) is 1. The molecule has 0 atom stereocenters. The predicted molar refractivity (Wildman–Crippen MR) is 109 cm³/mol. The number of nitrogens with zero attached hydrogens (tertiary/aromatic N) is 3. The Balaban J connectivity index is 1.95. The number of aromatic nitrogens is 1. The van der Waals surface area contributed by atoms with Gasteiger partial charge in [0.1, 0.15) is 11.8 Å². The molecule has 0 saturated heterocycles. The number of amides is 1. The lowest BCUT2D eigenvalue weighted by atomic mass is 10.1. The van der Waals surface area contributed by atoms with Crippen LogP contribution in [0, 0.1) is 11.3 Å². The van der Waals surface area contributed by atoms with E-state index in [2.05, 4.69) is 6.07 Å². The van der Waals surface area contributed by atoms with E-state index < -0.39 is 0 Å². The van der Waals surface area contributed by atoms with Crippen molar-refractivity contribution < 1.29 is 9.53 Å². The van der Waals surface area contributed by atoms with Crippen molar-refractivity contribution in [1.29, 1.82) is 5.26 Å². The third kappa shape index (κ3) is 3.58. The zero-order valence-corrected chi connectivity index (χ0v) is 16.5. The van der Waals surface area contributed by atoms with Crippen molar-refractivity contribution in [3.63, 3.8) is 0 Å². The number of methoxy groups -OCH3 is 1. The number of halogens is 1. The summed E-state index contributed by atoms with van der Waals surface area (Å²) in [6, 6.07) is 17.1. The lowest BCUT2D eigenvalue weighted by Gasteiger charge is -2.09.